The van der Waals surface area contributed by atoms with Gasteiger partial charge in [-0.3, -0.25) is 29.4 Å². The van der Waals surface area contributed by atoms with Crippen molar-refractivity contribution in [2.45, 2.75) is 83.4 Å². The van der Waals surface area contributed by atoms with Crippen molar-refractivity contribution in [1.82, 2.24) is 20.4 Å². The van der Waals surface area contributed by atoms with Gasteiger partial charge in [-0.1, -0.05) is 12.5 Å². The van der Waals surface area contributed by atoms with Crippen LogP contribution in [0.4, 0.5) is 10.5 Å². The lowest BCUT2D eigenvalue weighted by atomic mass is 10.0. The van der Waals surface area contributed by atoms with Gasteiger partial charge in [0, 0.05) is 37.8 Å². The minimum Gasteiger partial charge on any atom is -0.444 e. The highest BCUT2D eigenvalue weighted by atomic mass is 16.6. The molecule has 3 aliphatic heterocycles. The zero-order valence-corrected chi connectivity index (χ0v) is 23.0. The molecule has 0 spiro atoms. The Morgan fingerprint density at radius 3 is 2.46 bits per heavy atom. The number of ether oxygens (including phenoxy) is 1. The van der Waals surface area contributed by atoms with Crippen molar-refractivity contribution in [3.05, 3.63) is 29.3 Å². The number of hydrogen-bond acceptors (Lipinski definition) is 8. The molecule has 2 saturated heterocycles. The lowest BCUT2D eigenvalue weighted by molar-refractivity contribution is -0.136. The number of anilines is 1. The largest absolute Gasteiger partial charge is 0.444 e. The summed E-state index contributed by atoms with van der Waals surface area (Å²) in [6.07, 6.45) is 4.64. The third kappa shape index (κ3) is 7.14. The number of likely N-dealkylation sites (tertiary alicyclic amines) is 1. The van der Waals surface area contributed by atoms with Crippen LogP contribution in [-0.2, 0) is 14.3 Å². The molecule has 5 amide bonds. The van der Waals surface area contributed by atoms with E-state index in [0.29, 0.717) is 12.2 Å². The fourth-order valence-electron chi connectivity index (χ4n) is 5.30. The number of hydrogen-bond donors (Lipinski definition) is 3. The summed E-state index contributed by atoms with van der Waals surface area (Å²) in [5.74, 6) is -2.01. The van der Waals surface area contributed by atoms with Gasteiger partial charge in [-0.05, 0) is 71.6 Å². The Labute approximate surface area is 229 Å². The maximum Gasteiger partial charge on any atom is 0.407 e. The van der Waals surface area contributed by atoms with Crippen LogP contribution in [0.5, 0.6) is 0 Å². The Morgan fingerprint density at radius 1 is 1.03 bits per heavy atom. The van der Waals surface area contributed by atoms with Crippen LogP contribution in [0.3, 0.4) is 0 Å². The zero-order valence-electron chi connectivity index (χ0n) is 23.0. The molecule has 0 bridgehead atoms. The normalized spacial score (nSPS) is 20.6. The van der Waals surface area contributed by atoms with Gasteiger partial charge in [0.1, 0.15) is 11.6 Å². The van der Waals surface area contributed by atoms with E-state index in [9.17, 15) is 24.0 Å². The predicted octanol–water partition coefficient (Wildman–Crippen LogP) is 2.66. The first-order chi connectivity index (χ1) is 18.5. The molecule has 212 valence electrons. The topological polar surface area (TPSA) is 137 Å². The van der Waals surface area contributed by atoms with Crippen LogP contribution in [0.25, 0.3) is 0 Å². The Hall–Kier alpha value is -3.47. The van der Waals surface area contributed by atoms with Crippen LogP contribution in [0.2, 0.25) is 0 Å². The van der Waals surface area contributed by atoms with Crippen LogP contribution < -0.4 is 16.0 Å². The predicted molar refractivity (Wildman–Crippen MR) is 144 cm³/mol. The summed E-state index contributed by atoms with van der Waals surface area (Å²) in [6.45, 7) is 9.09. The fourth-order valence-corrected chi connectivity index (χ4v) is 5.30. The average molecular weight is 542 g/mol. The molecule has 1 aromatic rings. The summed E-state index contributed by atoms with van der Waals surface area (Å²) >= 11 is 0. The van der Waals surface area contributed by atoms with Gasteiger partial charge in [0.05, 0.1) is 11.1 Å². The third-order valence-corrected chi connectivity index (χ3v) is 7.24. The number of imide groups is 2. The second-order valence-electron chi connectivity index (χ2n) is 11.4. The number of amides is 5. The maximum absolute atomic E-state index is 13.2. The molecule has 11 nitrogen and oxygen atoms in total. The highest BCUT2D eigenvalue weighted by molar-refractivity contribution is 6.25. The van der Waals surface area contributed by atoms with E-state index < -0.39 is 35.3 Å². The van der Waals surface area contributed by atoms with Gasteiger partial charge in [0.2, 0.25) is 11.8 Å². The lowest BCUT2D eigenvalue weighted by Crippen LogP contribution is -2.54. The summed E-state index contributed by atoms with van der Waals surface area (Å²) in [4.78, 5) is 65.3. The van der Waals surface area contributed by atoms with E-state index in [4.69, 9.17) is 4.74 Å². The number of carbonyl (C=O) groups is 5. The second-order valence-corrected chi connectivity index (χ2v) is 11.4. The number of nitrogens with zero attached hydrogens (tertiary/aromatic N) is 2. The third-order valence-electron chi connectivity index (χ3n) is 7.24. The minimum absolute atomic E-state index is 0.0932. The van der Waals surface area contributed by atoms with E-state index in [-0.39, 0.29) is 36.1 Å². The van der Waals surface area contributed by atoms with E-state index in [0.717, 1.165) is 56.6 Å². The Kier molecular flexibility index (Phi) is 8.89. The molecule has 1 unspecified atom stereocenters. The number of unbranched alkanes of at least 4 members (excludes halogenated alkanes) is 2. The summed E-state index contributed by atoms with van der Waals surface area (Å²) < 4.78 is 5.34. The van der Waals surface area contributed by atoms with Crippen LogP contribution >= 0.6 is 0 Å². The van der Waals surface area contributed by atoms with Crippen LogP contribution in [0.1, 0.15) is 86.4 Å². The van der Waals surface area contributed by atoms with E-state index in [2.05, 4.69) is 20.9 Å². The molecule has 4 rings (SSSR count). The number of nitrogens with one attached hydrogen (secondary N) is 3. The number of rotatable bonds is 9. The summed E-state index contributed by atoms with van der Waals surface area (Å²) in [5, 5.41) is 8.48. The quantitative estimate of drug-likeness (QED) is 0.321. The van der Waals surface area contributed by atoms with Gasteiger partial charge >= 0.3 is 6.09 Å². The first kappa shape index (κ1) is 28.5. The Bertz CT molecular complexity index is 1120. The van der Waals surface area contributed by atoms with Crippen LogP contribution in [-0.4, -0.2) is 83.4 Å². The first-order valence-electron chi connectivity index (χ1n) is 13.8. The van der Waals surface area contributed by atoms with Gasteiger partial charge in [-0.25, -0.2) is 4.79 Å². The van der Waals surface area contributed by atoms with Gasteiger partial charge in [0.25, 0.3) is 11.8 Å². The highest BCUT2D eigenvalue weighted by Crippen LogP contribution is 2.32. The Morgan fingerprint density at radius 2 is 1.77 bits per heavy atom. The van der Waals surface area contributed by atoms with Crippen molar-refractivity contribution in [2.75, 3.05) is 31.5 Å². The van der Waals surface area contributed by atoms with Crippen molar-refractivity contribution in [2.24, 2.45) is 0 Å². The number of fused-ring (bicyclic) bond motifs is 1. The molecule has 39 heavy (non-hydrogen) atoms. The van der Waals surface area contributed by atoms with E-state index in [1.54, 1.807) is 18.2 Å². The molecule has 3 heterocycles. The molecule has 0 aromatic heterocycles. The summed E-state index contributed by atoms with van der Waals surface area (Å²) in [7, 11) is 0. The van der Waals surface area contributed by atoms with Gasteiger partial charge < -0.3 is 20.3 Å². The van der Waals surface area contributed by atoms with E-state index in [1.165, 1.54) is 0 Å². The minimum atomic E-state index is -0.971. The summed E-state index contributed by atoms with van der Waals surface area (Å²) in [6, 6.07) is 4.27. The standard InChI is InChI=1S/C28H39N5O6/c1-28(2,3)39-27(38)30-18-12-16-32(17-13-18)15-6-4-5-14-29-20-9-7-8-19-23(20)26(37)33(25(19)36)21-10-11-22(34)31-24(21)35/h7-9,18,21,29H,4-6,10-17H2,1-3H3,(H,30,38)(H,31,34,35). The molecule has 3 aliphatic rings. The molecule has 1 atom stereocenters. The maximum atomic E-state index is 13.2. The van der Waals surface area contributed by atoms with Crippen molar-refractivity contribution < 1.29 is 28.7 Å². The molecular formula is C28H39N5O6. The molecule has 0 aliphatic carbocycles. The monoisotopic (exact) mass is 541 g/mol. The van der Waals surface area contributed by atoms with Crippen molar-refractivity contribution in [1.29, 1.82) is 0 Å². The molecule has 3 N–H and O–H groups in total. The summed E-state index contributed by atoms with van der Waals surface area (Å²) in [5.41, 5.74) is 0.651. The van der Waals surface area contributed by atoms with Crippen molar-refractivity contribution in [3.8, 4) is 0 Å². The molecule has 2 fully saturated rings. The Balaban J connectivity index is 1.17. The zero-order chi connectivity index (χ0) is 28.2. The van der Waals surface area contributed by atoms with Gasteiger partial charge in [0.15, 0.2) is 0 Å². The number of carbonyl (C=O) groups excluding carboxylic acids is 5. The van der Waals surface area contributed by atoms with Gasteiger partial charge in [-0.15, -0.1) is 0 Å². The molecule has 11 heteroatoms. The average Bonchev–Trinajstić information content (AvgIpc) is 3.11. The van der Waals surface area contributed by atoms with E-state index in [1.807, 2.05) is 20.8 Å². The molecule has 0 radical (unpaired) electrons. The number of alkyl carbamates (subject to hydrolysis) is 1. The van der Waals surface area contributed by atoms with Crippen molar-refractivity contribution in [3.63, 3.8) is 0 Å². The SMILES string of the molecule is CC(C)(C)OC(=O)NC1CCN(CCCCCNc2cccc3c2C(=O)N(C2CCC(=O)NC2=O)C3=O)CC1. The van der Waals surface area contributed by atoms with E-state index >= 15 is 0 Å². The number of benzene rings is 1. The first-order valence-corrected chi connectivity index (χ1v) is 13.8. The lowest BCUT2D eigenvalue weighted by Gasteiger charge is -2.32. The number of piperidine rings is 2. The molecule has 1 aromatic carbocycles. The smallest absolute Gasteiger partial charge is 0.407 e. The highest BCUT2D eigenvalue weighted by Gasteiger charge is 2.45. The molecule has 0 saturated carbocycles. The fraction of sp³-hybridized carbons (Fsp3) is 0.607. The second kappa shape index (κ2) is 12.1. The van der Waals surface area contributed by atoms with Crippen molar-refractivity contribution >= 4 is 35.4 Å². The van der Waals surface area contributed by atoms with Crippen LogP contribution in [0, 0.1) is 0 Å². The van der Waals surface area contributed by atoms with Crippen LogP contribution in [0.15, 0.2) is 18.2 Å². The van der Waals surface area contributed by atoms with Gasteiger partial charge in [-0.2, -0.15) is 0 Å². The molecular weight excluding hydrogens is 502 g/mol.